The highest BCUT2D eigenvalue weighted by atomic mass is 32.2. The second-order valence-corrected chi connectivity index (χ2v) is 11.9. The van der Waals surface area contributed by atoms with Crippen LogP contribution in [0, 0.1) is 11.6 Å². The third-order valence-electron chi connectivity index (χ3n) is 5.59. The highest BCUT2D eigenvalue weighted by Gasteiger charge is 2.35. The van der Waals surface area contributed by atoms with Gasteiger partial charge in [-0.05, 0) is 91.0 Å². The van der Waals surface area contributed by atoms with Gasteiger partial charge in [0.2, 0.25) is 5.91 Å². The van der Waals surface area contributed by atoms with E-state index < -0.39 is 28.4 Å². The Labute approximate surface area is 238 Å². The van der Waals surface area contributed by atoms with Gasteiger partial charge in [-0.25, -0.2) is 8.78 Å². The molecule has 1 fully saturated rings. The van der Waals surface area contributed by atoms with Gasteiger partial charge in [-0.1, -0.05) is 18.2 Å². The molecule has 40 heavy (non-hydrogen) atoms. The van der Waals surface area contributed by atoms with E-state index in [0.29, 0.717) is 21.7 Å². The maximum Gasteiger partial charge on any atom is 0.310 e. The SMILES string of the molecule is CC(C)(C)OC(=O)Cc1ccc(NC(=O)CCN2C(=O)S/C(=C\c3cc(-c4ccc(F)c(F)c4)cs3)C2=O)cc1. The number of carbonyl (C=O) groups is 4. The van der Waals surface area contributed by atoms with Gasteiger partial charge in [-0.15, -0.1) is 11.3 Å². The monoisotopic (exact) mass is 584 g/mol. The van der Waals surface area contributed by atoms with Gasteiger partial charge in [0.15, 0.2) is 11.6 Å². The molecular weight excluding hydrogens is 558 g/mol. The first kappa shape index (κ1) is 29.2. The zero-order valence-electron chi connectivity index (χ0n) is 22.0. The molecule has 7 nitrogen and oxygen atoms in total. The molecule has 0 saturated carbocycles. The van der Waals surface area contributed by atoms with E-state index in [0.717, 1.165) is 34.4 Å². The summed E-state index contributed by atoms with van der Waals surface area (Å²) in [5.41, 5.74) is 1.83. The number of carbonyl (C=O) groups excluding carboxylic acids is 4. The van der Waals surface area contributed by atoms with E-state index >= 15 is 0 Å². The van der Waals surface area contributed by atoms with Crippen LogP contribution in [0.25, 0.3) is 17.2 Å². The number of thiophene rings is 1. The van der Waals surface area contributed by atoms with Crippen molar-refractivity contribution in [1.29, 1.82) is 0 Å². The molecule has 0 aliphatic carbocycles. The van der Waals surface area contributed by atoms with Crippen molar-refractivity contribution in [3.8, 4) is 11.1 Å². The summed E-state index contributed by atoms with van der Waals surface area (Å²) in [6.45, 7) is 5.30. The first-order chi connectivity index (χ1) is 18.9. The fourth-order valence-electron chi connectivity index (χ4n) is 3.76. The number of anilines is 1. The molecule has 2 aromatic carbocycles. The van der Waals surface area contributed by atoms with Crippen molar-refractivity contribution in [2.24, 2.45) is 0 Å². The minimum absolute atomic E-state index is 0.0882. The van der Waals surface area contributed by atoms with E-state index in [1.165, 1.54) is 17.4 Å². The molecule has 1 N–H and O–H groups in total. The predicted octanol–water partition coefficient (Wildman–Crippen LogP) is 6.64. The van der Waals surface area contributed by atoms with Gasteiger partial charge in [0.1, 0.15) is 5.60 Å². The normalized spacial score (nSPS) is 14.6. The largest absolute Gasteiger partial charge is 0.460 e. The van der Waals surface area contributed by atoms with Crippen LogP contribution in [0.3, 0.4) is 0 Å². The maximum absolute atomic E-state index is 13.6. The third kappa shape index (κ3) is 7.64. The molecule has 1 aliphatic heterocycles. The van der Waals surface area contributed by atoms with E-state index in [1.807, 2.05) is 0 Å². The standard InChI is InChI=1S/C29H26F2N2O5S2/c1-29(2,3)38-26(35)12-17-4-7-20(8-5-17)32-25(34)10-11-33-27(36)24(40-28(33)37)15-21-13-19(16-39-21)18-6-9-22(30)23(31)14-18/h4-9,13-16H,10-12H2,1-3H3,(H,32,34)/b24-15-. The van der Waals surface area contributed by atoms with E-state index in [9.17, 15) is 28.0 Å². The molecular formula is C29H26F2N2O5S2. The minimum Gasteiger partial charge on any atom is -0.460 e. The first-order valence-corrected chi connectivity index (χ1v) is 14.0. The Morgan fingerprint density at radius 2 is 1.73 bits per heavy atom. The second-order valence-electron chi connectivity index (χ2n) is 9.96. The second kappa shape index (κ2) is 12.1. The smallest absolute Gasteiger partial charge is 0.310 e. The summed E-state index contributed by atoms with van der Waals surface area (Å²) in [7, 11) is 0. The fourth-order valence-corrected chi connectivity index (χ4v) is 5.54. The molecule has 0 atom stereocenters. The van der Waals surface area contributed by atoms with E-state index in [2.05, 4.69) is 5.32 Å². The van der Waals surface area contributed by atoms with Crippen LogP contribution in [0.2, 0.25) is 0 Å². The van der Waals surface area contributed by atoms with Crippen molar-refractivity contribution in [2.45, 2.75) is 39.2 Å². The van der Waals surface area contributed by atoms with Crippen LogP contribution in [0.15, 0.2) is 58.8 Å². The Kier molecular flexibility index (Phi) is 8.85. The summed E-state index contributed by atoms with van der Waals surface area (Å²) >= 11 is 2.07. The molecule has 2 heterocycles. The Hall–Kier alpha value is -3.83. The van der Waals surface area contributed by atoms with Gasteiger partial charge in [0.05, 0.1) is 11.3 Å². The van der Waals surface area contributed by atoms with Crippen molar-refractivity contribution in [1.82, 2.24) is 4.90 Å². The number of imide groups is 1. The molecule has 0 bridgehead atoms. The topological polar surface area (TPSA) is 92.8 Å². The van der Waals surface area contributed by atoms with Crippen LogP contribution in [-0.4, -0.2) is 40.1 Å². The van der Waals surface area contributed by atoms with Crippen molar-refractivity contribution < 1.29 is 32.7 Å². The number of hydrogen-bond donors (Lipinski definition) is 1. The summed E-state index contributed by atoms with van der Waals surface area (Å²) in [6.07, 6.45) is 1.58. The quantitative estimate of drug-likeness (QED) is 0.236. The lowest BCUT2D eigenvalue weighted by Gasteiger charge is -2.19. The van der Waals surface area contributed by atoms with Crippen molar-refractivity contribution >= 4 is 57.9 Å². The zero-order valence-corrected chi connectivity index (χ0v) is 23.6. The lowest BCUT2D eigenvalue weighted by Crippen LogP contribution is -2.31. The summed E-state index contributed by atoms with van der Waals surface area (Å²) in [5, 5.41) is 3.99. The molecule has 208 valence electrons. The molecule has 0 unspecified atom stereocenters. The average Bonchev–Trinajstić information content (AvgIpc) is 3.44. The lowest BCUT2D eigenvalue weighted by atomic mass is 10.1. The Bertz CT molecular complexity index is 1490. The zero-order chi connectivity index (χ0) is 29.0. The number of rotatable bonds is 8. The minimum atomic E-state index is -0.953. The van der Waals surface area contributed by atoms with Gasteiger partial charge < -0.3 is 10.1 Å². The van der Waals surface area contributed by atoms with E-state index in [4.69, 9.17) is 4.74 Å². The Morgan fingerprint density at radius 1 is 1.00 bits per heavy atom. The summed E-state index contributed by atoms with van der Waals surface area (Å²) in [5.74, 6) is -3.12. The number of benzene rings is 2. The number of thioether (sulfide) groups is 1. The van der Waals surface area contributed by atoms with Crippen molar-refractivity contribution in [2.75, 3.05) is 11.9 Å². The molecule has 1 aliphatic rings. The Morgan fingerprint density at radius 3 is 2.40 bits per heavy atom. The number of nitrogens with zero attached hydrogens (tertiary/aromatic N) is 1. The summed E-state index contributed by atoms with van der Waals surface area (Å²) in [4.78, 5) is 51.6. The van der Waals surface area contributed by atoms with Crippen LogP contribution >= 0.6 is 23.1 Å². The summed E-state index contributed by atoms with van der Waals surface area (Å²) in [6, 6.07) is 12.1. The van der Waals surface area contributed by atoms with Crippen LogP contribution < -0.4 is 5.32 Å². The van der Waals surface area contributed by atoms with Gasteiger partial charge in [-0.2, -0.15) is 0 Å². The van der Waals surface area contributed by atoms with E-state index in [1.54, 1.807) is 62.6 Å². The van der Waals surface area contributed by atoms with Gasteiger partial charge >= 0.3 is 5.97 Å². The average molecular weight is 585 g/mol. The van der Waals surface area contributed by atoms with Crippen LogP contribution in [-0.2, 0) is 25.5 Å². The molecule has 0 radical (unpaired) electrons. The molecule has 1 saturated heterocycles. The van der Waals surface area contributed by atoms with Gasteiger partial charge in [0, 0.05) is 23.5 Å². The highest BCUT2D eigenvalue weighted by Crippen LogP contribution is 2.35. The van der Waals surface area contributed by atoms with Crippen molar-refractivity contribution in [3.63, 3.8) is 0 Å². The number of ether oxygens (including phenoxy) is 1. The molecule has 3 amide bonds. The summed E-state index contributed by atoms with van der Waals surface area (Å²) < 4.78 is 32.1. The third-order valence-corrected chi connectivity index (χ3v) is 7.38. The number of halogens is 2. The highest BCUT2D eigenvalue weighted by molar-refractivity contribution is 8.18. The number of amides is 3. The van der Waals surface area contributed by atoms with Gasteiger partial charge in [-0.3, -0.25) is 24.1 Å². The first-order valence-electron chi connectivity index (χ1n) is 12.3. The lowest BCUT2D eigenvalue weighted by molar-refractivity contribution is -0.153. The van der Waals surface area contributed by atoms with Gasteiger partial charge in [0.25, 0.3) is 11.1 Å². The predicted molar refractivity (Wildman–Crippen MR) is 152 cm³/mol. The molecule has 0 spiro atoms. The van der Waals surface area contributed by atoms with Crippen molar-refractivity contribution in [3.05, 3.63) is 80.9 Å². The molecule has 3 aromatic rings. The molecule has 4 rings (SSSR count). The van der Waals surface area contributed by atoms with Crippen LogP contribution in [0.4, 0.5) is 19.3 Å². The number of hydrogen-bond acceptors (Lipinski definition) is 7. The van der Waals surface area contributed by atoms with E-state index in [-0.39, 0.29) is 36.2 Å². The van der Waals surface area contributed by atoms with Crippen LogP contribution in [0.1, 0.15) is 37.6 Å². The van der Waals surface area contributed by atoms with Crippen LogP contribution in [0.5, 0.6) is 0 Å². The molecule has 1 aromatic heterocycles. The fraction of sp³-hybridized carbons (Fsp3) is 0.241. The number of nitrogens with one attached hydrogen (secondary N) is 1. The maximum atomic E-state index is 13.6. The Balaban J connectivity index is 1.30. The molecule has 11 heteroatoms. The number of esters is 1.